The van der Waals surface area contributed by atoms with Crippen LogP contribution in [-0.2, 0) is 13.1 Å². The number of hydrogen-bond donors (Lipinski definition) is 0. The smallest absolute Gasteiger partial charge is 0.150 e. The lowest BCUT2D eigenvalue weighted by Gasteiger charge is -2.43. The Morgan fingerprint density at radius 3 is 1.11 bits per heavy atom. The van der Waals surface area contributed by atoms with Crippen LogP contribution in [0.5, 0.6) is 0 Å². The molecule has 4 aromatic carbocycles. The summed E-state index contributed by atoms with van der Waals surface area (Å²) >= 11 is 0. The third-order valence-electron chi connectivity index (χ3n) is 7.01. The summed E-state index contributed by atoms with van der Waals surface area (Å²) in [4.78, 5) is 0. The second-order valence-corrected chi connectivity index (χ2v) is 13.1. The molecule has 3 heteroatoms. The summed E-state index contributed by atoms with van der Waals surface area (Å²) in [6, 6.07) is 44.9. The normalized spacial score (nSPS) is 11.8. The van der Waals surface area contributed by atoms with E-state index in [2.05, 4.69) is 145 Å². The summed E-state index contributed by atoms with van der Waals surface area (Å²) in [5, 5.41) is 2.89. The highest BCUT2D eigenvalue weighted by atomic mass is 31.2. The number of unbranched alkanes of at least 4 members (excludes halogenated alkanes) is 2. The van der Waals surface area contributed by atoms with E-state index in [-0.39, 0.29) is 0 Å². The molecule has 0 aliphatic rings. The fourth-order valence-electron chi connectivity index (χ4n) is 5.17. The predicted molar refractivity (Wildman–Crippen MR) is 163 cm³/mol. The first-order chi connectivity index (χ1) is 18.3. The van der Waals surface area contributed by atoms with Gasteiger partial charge in [0.15, 0.2) is 0 Å². The molecule has 0 amide bonds. The van der Waals surface area contributed by atoms with Crippen molar-refractivity contribution in [1.29, 1.82) is 0 Å². The average Bonchev–Trinajstić information content (AvgIpc) is 2.97. The standard InChI is InChI=1S/C34H42N2P/c1-3-5-27-35(29-31-19-11-7-12-20-31)37(33-23-15-9-16-24-33,34-25-17-10-18-26-34)36(28-6-4-2)30-32-21-13-8-14-22-32/h7-26H,3-6,27-30H2,1-2H3/q+1. The zero-order valence-corrected chi connectivity index (χ0v) is 23.4. The summed E-state index contributed by atoms with van der Waals surface area (Å²) in [5.41, 5.74) is 2.76. The number of hydrogen-bond acceptors (Lipinski definition) is 2. The Morgan fingerprint density at radius 2 is 0.784 bits per heavy atom. The monoisotopic (exact) mass is 509 g/mol. The molecule has 0 heterocycles. The van der Waals surface area contributed by atoms with E-state index in [1.54, 1.807) is 0 Å². The van der Waals surface area contributed by atoms with Crippen molar-refractivity contribution < 1.29 is 0 Å². The Bertz CT molecular complexity index is 1050. The van der Waals surface area contributed by atoms with Crippen LogP contribution in [0.25, 0.3) is 0 Å². The van der Waals surface area contributed by atoms with Crippen LogP contribution in [0.15, 0.2) is 121 Å². The summed E-state index contributed by atoms with van der Waals surface area (Å²) in [6.07, 6.45) is 4.73. The van der Waals surface area contributed by atoms with Crippen molar-refractivity contribution in [2.24, 2.45) is 0 Å². The first-order valence-electron chi connectivity index (χ1n) is 13.9. The Balaban J connectivity index is 1.97. The van der Waals surface area contributed by atoms with Crippen LogP contribution >= 0.6 is 7.56 Å². The van der Waals surface area contributed by atoms with Gasteiger partial charge in [-0.2, -0.15) is 9.34 Å². The minimum Gasteiger partial charge on any atom is -0.150 e. The van der Waals surface area contributed by atoms with Crippen molar-refractivity contribution >= 4 is 18.2 Å². The zero-order valence-electron chi connectivity index (χ0n) is 22.5. The molecule has 0 unspecified atom stereocenters. The van der Waals surface area contributed by atoms with Crippen LogP contribution in [0.4, 0.5) is 0 Å². The topological polar surface area (TPSA) is 6.48 Å². The summed E-state index contributed by atoms with van der Waals surface area (Å²) in [5.74, 6) is 0. The maximum atomic E-state index is 2.86. The quantitative estimate of drug-likeness (QED) is 0.159. The van der Waals surface area contributed by atoms with Gasteiger partial charge in [-0.1, -0.05) is 124 Å². The molecule has 0 saturated heterocycles. The zero-order chi connectivity index (χ0) is 25.8. The minimum absolute atomic E-state index is 0.940. The molecule has 4 aromatic rings. The predicted octanol–water partition coefficient (Wildman–Crippen LogP) is 8.09. The molecule has 0 bridgehead atoms. The van der Waals surface area contributed by atoms with Crippen molar-refractivity contribution in [3.05, 3.63) is 132 Å². The van der Waals surface area contributed by atoms with Gasteiger partial charge in [-0.25, -0.2) is 0 Å². The number of rotatable bonds is 14. The van der Waals surface area contributed by atoms with Crippen LogP contribution in [0, 0.1) is 0 Å². The largest absolute Gasteiger partial charge is 0.219 e. The van der Waals surface area contributed by atoms with E-state index in [0.29, 0.717) is 0 Å². The van der Waals surface area contributed by atoms with Gasteiger partial charge in [-0.3, -0.25) is 0 Å². The van der Waals surface area contributed by atoms with Crippen molar-refractivity contribution in [3.8, 4) is 0 Å². The molecule has 0 spiro atoms. The van der Waals surface area contributed by atoms with Gasteiger partial charge >= 0.3 is 0 Å². The summed E-state index contributed by atoms with van der Waals surface area (Å²) in [7, 11) is -2.14. The molecule has 0 saturated carbocycles. The fourth-order valence-corrected chi connectivity index (χ4v) is 9.91. The van der Waals surface area contributed by atoms with Crippen molar-refractivity contribution in [3.63, 3.8) is 0 Å². The molecule has 4 rings (SSSR count). The first-order valence-corrected chi connectivity index (χ1v) is 15.6. The van der Waals surface area contributed by atoms with E-state index < -0.39 is 7.56 Å². The van der Waals surface area contributed by atoms with Crippen LogP contribution in [-0.4, -0.2) is 22.4 Å². The van der Waals surface area contributed by atoms with Gasteiger partial charge in [-0.15, -0.1) is 0 Å². The summed E-state index contributed by atoms with van der Waals surface area (Å²) < 4.78 is 5.71. The van der Waals surface area contributed by atoms with Crippen molar-refractivity contribution in [1.82, 2.24) is 9.34 Å². The third-order valence-corrected chi connectivity index (χ3v) is 11.4. The lowest BCUT2D eigenvalue weighted by atomic mass is 10.2. The van der Waals surface area contributed by atoms with Gasteiger partial charge in [0.1, 0.15) is 10.6 Å². The Kier molecular flexibility index (Phi) is 10.5. The molecule has 0 atom stereocenters. The molecule has 192 valence electrons. The Labute approximate surface area is 225 Å². The van der Waals surface area contributed by atoms with Gasteiger partial charge < -0.3 is 0 Å². The lowest BCUT2D eigenvalue weighted by Crippen LogP contribution is -2.47. The van der Waals surface area contributed by atoms with Gasteiger partial charge in [-0.05, 0) is 48.2 Å². The van der Waals surface area contributed by atoms with Crippen LogP contribution in [0.1, 0.15) is 50.7 Å². The Morgan fingerprint density at radius 1 is 0.459 bits per heavy atom. The molecular formula is C34H42N2P+. The van der Waals surface area contributed by atoms with E-state index in [4.69, 9.17) is 0 Å². The van der Waals surface area contributed by atoms with Crippen molar-refractivity contribution in [2.45, 2.75) is 52.6 Å². The van der Waals surface area contributed by atoms with Gasteiger partial charge in [0.2, 0.25) is 7.56 Å². The number of benzene rings is 4. The molecule has 0 aliphatic carbocycles. The van der Waals surface area contributed by atoms with Gasteiger partial charge in [0.25, 0.3) is 0 Å². The molecular weight excluding hydrogens is 467 g/mol. The van der Waals surface area contributed by atoms with Crippen LogP contribution < -0.4 is 10.6 Å². The molecule has 0 radical (unpaired) electrons. The highest BCUT2D eigenvalue weighted by Crippen LogP contribution is 2.64. The highest BCUT2D eigenvalue weighted by Gasteiger charge is 2.54. The SMILES string of the molecule is CCCCN(Cc1ccccc1)[P+](c1ccccc1)(c1ccccc1)N(CCCC)Cc1ccccc1. The average molecular weight is 510 g/mol. The fraction of sp³-hybridized carbons (Fsp3) is 0.294. The van der Waals surface area contributed by atoms with E-state index in [1.807, 2.05) is 0 Å². The summed E-state index contributed by atoms with van der Waals surface area (Å²) in [6.45, 7) is 8.64. The van der Waals surface area contributed by atoms with Crippen LogP contribution in [0.2, 0.25) is 0 Å². The lowest BCUT2D eigenvalue weighted by molar-refractivity contribution is 0.360. The number of nitrogens with zero attached hydrogens (tertiary/aromatic N) is 2. The van der Waals surface area contributed by atoms with E-state index >= 15 is 0 Å². The van der Waals surface area contributed by atoms with E-state index in [1.165, 1.54) is 47.4 Å². The van der Waals surface area contributed by atoms with E-state index in [0.717, 1.165) is 26.2 Å². The van der Waals surface area contributed by atoms with Gasteiger partial charge in [0.05, 0.1) is 13.1 Å². The molecule has 0 N–H and O–H groups in total. The second-order valence-electron chi connectivity index (χ2n) is 9.73. The Hall–Kier alpha value is -2.77. The molecule has 37 heavy (non-hydrogen) atoms. The molecule has 0 fully saturated rings. The molecule has 2 nitrogen and oxygen atoms in total. The van der Waals surface area contributed by atoms with Crippen molar-refractivity contribution in [2.75, 3.05) is 13.1 Å². The first kappa shape index (κ1) is 27.3. The minimum atomic E-state index is -2.14. The van der Waals surface area contributed by atoms with E-state index in [9.17, 15) is 0 Å². The second kappa shape index (κ2) is 14.2. The molecule has 0 aliphatic heterocycles. The third kappa shape index (κ3) is 6.76. The molecule has 0 aromatic heterocycles. The van der Waals surface area contributed by atoms with Crippen LogP contribution in [0.3, 0.4) is 0 Å². The maximum Gasteiger partial charge on any atom is 0.219 e. The van der Waals surface area contributed by atoms with Gasteiger partial charge in [0, 0.05) is 13.1 Å². The maximum absolute atomic E-state index is 2.86. The highest BCUT2D eigenvalue weighted by molar-refractivity contribution is 7.85.